The zero-order chi connectivity index (χ0) is 15.1. The zero-order valence-corrected chi connectivity index (χ0v) is 12.0. The first kappa shape index (κ1) is 14.0. The monoisotopic (exact) mass is 312 g/mol. The van der Waals surface area contributed by atoms with Crippen LogP contribution in [0.4, 0.5) is 4.39 Å². The molecule has 2 aromatic rings. The summed E-state index contributed by atoms with van der Waals surface area (Å²) in [5.41, 5.74) is -0.412. The molecule has 0 aliphatic heterocycles. The Kier molecular flexibility index (Phi) is 3.41. The standard InChI is InChI=1S/C14H12ClFN2O3/c1-2-21-14(20)9-6-18(7-3-4-7)13-8(11(9)19)5-10(16)12(15)17-13/h5-7H,2-4H2,1H3/i9+2. The van der Waals surface area contributed by atoms with E-state index in [2.05, 4.69) is 4.98 Å². The minimum atomic E-state index is -0.787. The Morgan fingerprint density at radius 3 is 2.95 bits per heavy atom. The van der Waals surface area contributed by atoms with E-state index in [0.29, 0.717) is 5.65 Å². The molecule has 5 nitrogen and oxygen atoms in total. The van der Waals surface area contributed by atoms with Crippen molar-refractivity contribution in [3.8, 4) is 0 Å². The van der Waals surface area contributed by atoms with Crippen LogP contribution in [0, 0.1) is 5.82 Å². The summed E-state index contributed by atoms with van der Waals surface area (Å²) in [6.07, 6.45) is 3.26. The van der Waals surface area contributed by atoms with E-state index in [0.717, 1.165) is 18.9 Å². The second-order valence-electron chi connectivity index (χ2n) is 4.86. The van der Waals surface area contributed by atoms with Crippen molar-refractivity contribution < 1.29 is 13.9 Å². The van der Waals surface area contributed by atoms with Crippen LogP contribution in [-0.4, -0.2) is 22.1 Å². The maximum atomic E-state index is 13.6. The van der Waals surface area contributed by atoms with Crippen molar-refractivity contribution in [3.05, 3.63) is 39.0 Å². The highest BCUT2D eigenvalue weighted by Gasteiger charge is 2.28. The van der Waals surface area contributed by atoms with E-state index in [9.17, 15) is 14.0 Å². The molecule has 0 N–H and O–H groups in total. The molecule has 0 bridgehead atoms. The fraction of sp³-hybridized carbons (Fsp3) is 0.357. The number of aromatic nitrogens is 2. The van der Waals surface area contributed by atoms with Gasteiger partial charge in [-0.3, -0.25) is 4.79 Å². The Morgan fingerprint density at radius 2 is 2.33 bits per heavy atom. The molecular weight excluding hydrogens is 301 g/mol. The lowest BCUT2D eigenvalue weighted by Gasteiger charge is -2.11. The van der Waals surface area contributed by atoms with Crippen molar-refractivity contribution in [1.82, 2.24) is 9.55 Å². The largest absolute Gasteiger partial charge is 0.462 e. The second kappa shape index (κ2) is 5.11. The lowest BCUT2D eigenvalue weighted by Crippen LogP contribution is -2.21. The minimum absolute atomic E-state index is 0.0364. The summed E-state index contributed by atoms with van der Waals surface area (Å²) in [5.74, 6) is -1.50. The van der Waals surface area contributed by atoms with Crippen LogP contribution >= 0.6 is 11.6 Å². The van der Waals surface area contributed by atoms with Crippen molar-refractivity contribution in [2.24, 2.45) is 0 Å². The smallest absolute Gasteiger partial charge is 0.343 e. The Morgan fingerprint density at radius 1 is 1.62 bits per heavy atom. The highest BCUT2D eigenvalue weighted by Crippen LogP contribution is 2.36. The first-order valence-corrected chi connectivity index (χ1v) is 6.98. The fourth-order valence-electron chi connectivity index (χ4n) is 2.21. The predicted molar refractivity (Wildman–Crippen MR) is 75.2 cm³/mol. The van der Waals surface area contributed by atoms with E-state index in [1.54, 1.807) is 11.5 Å². The van der Waals surface area contributed by atoms with Gasteiger partial charge in [-0.2, -0.15) is 0 Å². The van der Waals surface area contributed by atoms with Gasteiger partial charge in [-0.1, -0.05) is 11.6 Å². The van der Waals surface area contributed by atoms with E-state index in [4.69, 9.17) is 16.3 Å². The van der Waals surface area contributed by atoms with Gasteiger partial charge < -0.3 is 9.30 Å². The van der Waals surface area contributed by atoms with Crippen LogP contribution in [-0.2, 0) is 4.74 Å². The van der Waals surface area contributed by atoms with Gasteiger partial charge in [-0.15, -0.1) is 0 Å². The number of rotatable bonds is 3. The highest BCUT2D eigenvalue weighted by atomic mass is 35.5. The van der Waals surface area contributed by atoms with Crippen LogP contribution in [0.1, 0.15) is 36.2 Å². The van der Waals surface area contributed by atoms with Gasteiger partial charge in [-0.05, 0) is 25.8 Å². The van der Waals surface area contributed by atoms with Crippen molar-refractivity contribution in [2.45, 2.75) is 25.8 Å². The van der Waals surface area contributed by atoms with Crippen LogP contribution in [0.15, 0.2) is 17.1 Å². The summed E-state index contributed by atoms with van der Waals surface area (Å²) in [6.45, 7) is 1.81. The molecule has 21 heavy (non-hydrogen) atoms. The topological polar surface area (TPSA) is 61.2 Å². The van der Waals surface area contributed by atoms with Crippen LogP contribution in [0.3, 0.4) is 0 Å². The third-order valence-corrected chi connectivity index (χ3v) is 3.62. The summed E-state index contributed by atoms with van der Waals surface area (Å²) < 4.78 is 20.2. The van der Waals surface area contributed by atoms with E-state index < -0.39 is 17.2 Å². The van der Waals surface area contributed by atoms with Crippen LogP contribution < -0.4 is 5.43 Å². The number of fused-ring (bicyclic) bond motifs is 1. The molecule has 0 saturated heterocycles. The third-order valence-electron chi connectivity index (χ3n) is 3.35. The molecule has 2 heterocycles. The molecule has 1 aliphatic carbocycles. The van der Waals surface area contributed by atoms with Gasteiger partial charge >= 0.3 is 5.97 Å². The van der Waals surface area contributed by atoms with Gasteiger partial charge in [0.25, 0.3) is 0 Å². The maximum absolute atomic E-state index is 13.6. The summed E-state index contributed by atoms with van der Waals surface area (Å²) >= 11 is 5.70. The number of hydrogen-bond donors (Lipinski definition) is 0. The van der Waals surface area contributed by atoms with E-state index in [1.165, 1.54) is 6.20 Å². The first-order valence-electron chi connectivity index (χ1n) is 6.61. The summed E-state index contributed by atoms with van der Waals surface area (Å²) in [5, 5.41) is -0.255. The minimum Gasteiger partial charge on any atom is -0.462 e. The predicted octanol–water partition coefficient (Wildman–Crippen LogP) is 2.70. The van der Waals surface area contributed by atoms with Crippen molar-refractivity contribution >= 4 is 28.6 Å². The van der Waals surface area contributed by atoms with Gasteiger partial charge in [0, 0.05) is 12.2 Å². The SMILES string of the molecule is CCOC(=O)[14c]1cn(C2CC2)c2nc(Cl)c(F)cc2c1=O. The molecule has 1 saturated carbocycles. The molecule has 0 aromatic carbocycles. The Labute approximate surface area is 124 Å². The molecular formula is C14H12ClFN2O3. The average Bonchev–Trinajstić information content (AvgIpc) is 3.26. The van der Waals surface area contributed by atoms with E-state index >= 15 is 0 Å². The number of pyridine rings is 2. The zero-order valence-electron chi connectivity index (χ0n) is 11.2. The van der Waals surface area contributed by atoms with Gasteiger partial charge in [0.05, 0.1) is 12.0 Å². The quantitative estimate of drug-likeness (QED) is 0.646. The van der Waals surface area contributed by atoms with Crippen molar-refractivity contribution in [1.29, 1.82) is 0 Å². The number of ether oxygens (including phenoxy) is 1. The molecule has 110 valence electrons. The average molecular weight is 313 g/mol. The third kappa shape index (κ3) is 2.40. The lowest BCUT2D eigenvalue weighted by atomic mass is 10.3. The molecule has 0 amide bonds. The molecule has 1 fully saturated rings. The molecule has 1 aliphatic rings. The highest BCUT2D eigenvalue weighted by molar-refractivity contribution is 6.29. The molecule has 3 rings (SSSR count). The number of hydrogen-bond acceptors (Lipinski definition) is 4. The van der Waals surface area contributed by atoms with Gasteiger partial charge in [-0.25, -0.2) is 14.2 Å². The molecule has 2 aromatic heterocycles. The number of nitrogens with zero attached hydrogens (tertiary/aromatic N) is 2. The van der Waals surface area contributed by atoms with E-state index in [1.807, 2.05) is 0 Å². The van der Waals surface area contributed by atoms with E-state index in [-0.39, 0.29) is 28.8 Å². The maximum Gasteiger partial charge on any atom is 0.343 e. The summed E-state index contributed by atoms with van der Waals surface area (Å²) in [4.78, 5) is 28.2. The summed E-state index contributed by atoms with van der Waals surface area (Å²) in [7, 11) is 0. The summed E-state index contributed by atoms with van der Waals surface area (Å²) in [6, 6.07) is 1.17. The fourth-order valence-corrected chi connectivity index (χ4v) is 2.35. The molecule has 7 heteroatoms. The lowest BCUT2D eigenvalue weighted by molar-refractivity contribution is 0.0524. The van der Waals surface area contributed by atoms with Gasteiger partial charge in [0.2, 0.25) is 5.43 Å². The number of carbonyl (C=O) groups excluding carboxylic acids is 1. The van der Waals surface area contributed by atoms with Crippen molar-refractivity contribution in [3.63, 3.8) is 0 Å². The normalized spacial score (nSPS) is 14.4. The van der Waals surface area contributed by atoms with Crippen LogP contribution in [0.5, 0.6) is 0 Å². The first-order chi connectivity index (χ1) is 10.0. The molecule has 0 radical (unpaired) electrons. The molecule has 0 atom stereocenters. The van der Waals surface area contributed by atoms with Crippen LogP contribution in [0.25, 0.3) is 11.0 Å². The second-order valence-corrected chi connectivity index (χ2v) is 5.22. The number of carbonyl (C=O) groups is 1. The molecule has 0 unspecified atom stereocenters. The Balaban J connectivity index is 2.31. The Bertz CT molecular complexity index is 799. The van der Waals surface area contributed by atoms with Gasteiger partial charge in [0.1, 0.15) is 11.2 Å². The number of esters is 1. The van der Waals surface area contributed by atoms with Crippen molar-refractivity contribution in [2.75, 3.05) is 6.61 Å². The van der Waals surface area contributed by atoms with Crippen LogP contribution in [0.2, 0.25) is 5.15 Å². The van der Waals surface area contributed by atoms with Gasteiger partial charge in [0.15, 0.2) is 11.0 Å². The molecule has 0 spiro atoms. The Hall–Kier alpha value is -1.95. The number of halogens is 2.